The molecule has 0 atom stereocenters. The Morgan fingerprint density at radius 2 is 2.25 bits per heavy atom. The van der Waals surface area contributed by atoms with Crippen molar-refractivity contribution in [1.29, 1.82) is 0 Å². The molecule has 0 nitrogen and oxygen atoms in total. The molecule has 0 aliphatic rings. The summed E-state index contributed by atoms with van der Waals surface area (Å²) in [7, 11) is 0.0664. The number of hydrogen-bond donors (Lipinski definition) is 0. The summed E-state index contributed by atoms with van der Waals surface area (Å²) in [5.41, 5.74) is 3.51. The molecular weight excluding hydrogens is 112 g/mol. The van der Waals surface area contributed by atoms with Crippen LogP contribution >= 0.6 is 0 Å². The lowest BCUT2D eigenvalue weighted by atomic mass is 10.3. The van der Waals surface area contributed by atoms with Crippen LogP contribution in [0.1, 0.15) is 13.8 Å². The molecule has 0 radical (unpaired) electrons. The average Bonchev–Trinajstić information content (AvgIpc) is 1.66. The molecule has 0 aromatic rings. The van der Waals surface area contributed by atoms with E-state index in [9.17, 15) is 0 Å². The molecule has 0 fully saturated rings. The minimum absolute atomic E-state index is 0.0664. The van der Waals surface area contributed by atoms with Gasteiger partial charge in [0.05, 0.1) is 0 Å². The van der Waals surface area contributed by atoms with E-state index in [-0.39, 0.29) is 9.52 Å². The van der Waals surface area contributed by atoms with Crippen molar-refractivity contribution in [3.05, 3.63) is 23.9 Å². The summed E-state index contributed by atoms with van der Waals surface area (Å²) in [6.45, 7) is 7.96. The lowest BCUT2D eigenvalue weighted by Crippen LogP contribution is -1.77. The molecule has 0 saturated carbocycles. The highest BCUT2D eigenvalue weighted by Crippen LogP contribution is 1.91. The largest absolute Gasteiger partial charge is 0.108 e. The highest BCUT2D eigenvalue weighted by Gasteiger charge is 1.76. The fraction of sp³-hybridized carbons (Fsp3) is 0.429. The average molecular weight is 126 g/mol. The van der Waals surface area contributed by atoms with E-state index in [1.807, 2.05) is 0 Å². The molecule has 1 heteroatoms. The molecule has 0 heterocycles. The van der Waals surface area contributed by atoms with Gasteiger partial charge in [-0.2, -0.15) is 0 Å². The predicted octanol–water partition coefficient (Wildman–Crippen LogP) is 1.68. The summed E-state index contributed by atoms with van der Waals surface area (Å²) in [6, 6.07) is 1.28. The Hall–Kier alpha value is -0.303. The minimum atomic E-state index is 0.0664. The van der Waals surface area contributed by atoms with Crippen LogP contribution in [0.4, 0.5) is 0 Å². The number of allylic oxidation sites excluding steroid dienone is 2. The van der Waals surface area contributed by atoms with Gasteiger partial charge in [0, 0.05) is 9.52 Å². The minimum Gasteiger partial charge on any atom is -0.108 e. The van der Waals surface area contributed by atoms with Crippen molar-refractivity contribution in [2.24, 2.45) is 0 Å². The lowest BCUT2D eigenvalue weighted by Gasteiger charge is -1.85. The topological polar surface area (TPSA) is 0 Å². The van der Waals surface area contributed by atoms with Gasteiger partial charge in [-0.15, -0.1) is 12.3 Å². The number of hydrogen-bond acceptors (Lipinski definition) is 0. The Morgan fingerprint density at radius 3 is 2.62 bits per heavy atom. The predicted molar refractivity (Wildman–Crippen MR) is 43.0 cm³/mol. The third-order valence-electron chi connectivity index (χ3n) is 0.923. The second-order valence-corrected chi connectivity index (χ2v) is 3.88. The first-order chi connectivity index (χ1) is 3.77. The van der Waals surface area contributed by atoms with Crippen molar-refractivity contribution in [1.82, 2.24) is 0 Å². The maximum absolute atomic E-state index is 3.69. The first-order valence-electron chi connectivity index (χ1n) is 3.01. The van der Waals surface area contributed by atoms with Gasteiger partial charge in [-0.25, -0.2) is 0 Å². The second-order valence-electron chi connectivity index (χ2n) is 2.15. The molecule has 0 rings (SSSR count). The quantitative estimate of drug-likeness (QED) is 0.307. The molecule has 0 aromatic heterocycles. The van der Waals surface area contributed by atoms with Crippen LogP contribution in [0, 0.1) is 0 Å². The van der Waals surface area contributed by atoms with E-state index in [1.54, 1.807) is 0 Å². The van der Waals surface area contributed by atoms with Crippen LogP contribution in [0.2, 0.25) is 6.04 Å². The summed E-state index contributed by atoms with van der Waals surface area (Å²) in [4.78, 5) is 0. The summed E-state index contributed by atoms with van der Waals surface area (Å²) in [5, 5.41) is 0. The molecule has 8 heavy (non-hydrogen) atoms. The van der Waals surface area contributed by atoms with Crippen LogP contribution in [0.25, 0.3) is 0 Å². The fourth-order valence-electron chi connectivity index (χ4n) is 0.490. The Bertz CT molecular complexity index is 88.6. The van der Waals surface area contributed by atoms with Crippen molar-refractivity contribution in [2.75, 3.05) is 0 Å². The normalized spacial score (nSPS) is 9.75. The van der Waals surface area contributed by atoms with Crippen LogP contribution in [0.5, 0.6) is 0 Å². The Morgan fingerprint density at radius 1 is 1.62 bits per heavy atom. The van der Waals surface area contributed by atoms with Crippen LogP contribution in [-0.4, -0.2) is 9.52 Å². The van der Waals surface area contributed by atoms with Gasteiger partial charge in [0.1, 0.15) is 0 Å². The summed E-state index contributed by atoms with van der Waals surface area (Å²) in [6.07, 6.45) is 2.29. The van der Waals surface area contributed by atoms with E-state index in [4.69, 9.17) is 0 Å². The molecule has 46 valence electrons. The van der Waals surface area contributed by atoms with Gasteiger partial charge in [0.25, 0.3) is 0 Å². The van der Waals surface area contributed by atoms with Crippen LogP contribution < -0.4 is 0 Å². The van der Waals surface area contributed by atoms with E-state index in [1.165, 1.54) is 11.6 Å². The van der Waals surface area contributed by atoms with Crippen LogP contribution in [0.15, 0.2) is 23.9 Å². The highest BCUT2D eigenvalue weighted by atomic mass is 28.2. The molecule has 0 aliphatic carbocycles. The SMILES string of the molecule is C=C[SiH2]CC=C(C)C. The summed E-state index contributed by atoms with van der Waals surface area (Å²) in [5.74, 6) is 0. The van der Waals surface area contributed by atoms with E-state index in [0.717, 1.165) is 0 Å². The zero-order valence-electron chi connectivity index (χ0n) is 5.78. The molecule has 0 aromatic carbocycles. The lowest BCUT2D eigenvalue weighted by molar-refractivity contribution is 1.36. The van der Waals surface area contributed by atoms with E-state index in [2.05, 4.69) is 32.2 Å². The van der Waals surface area contributed by atoms with Crippen molar-refractivity contribution in [3.63, 3.8) is 0 Å². The van der Waals surface area contributed by atoms with Gasteiger partial charge >= 0.3 is 0 Å². The molecule has 0 N–H and O–H groups in total. The maximum Gasteiger partial charge on any atom is 0.0483 e. The van der Waals surface area contributed by atoms with Crippen LogP contribution in [-0.2, 0) is 0 Å². The smallest absolute Gasteiger partial charge is 0.0483 e. The standard InChI is InChI=1S/C7H14Si/c1-4-8-6-5-7(2)3/h4-5H,1,6,8H2,2-3H3. The Kier molecular flexibility index (Phi) is 4.66. The number of rotatable bonds is 3. The van der Waals surface area contributed by atoms with Gasteiger partial charge in [-0.05, 0) is 19.9 Å². The molecule has 0 aliphatic heterocycles. The summed E-state index contributed by atoms with van der Waals surface area (Å²) < 4.78 is 0. The zero-order valence-corrected chi connectivity index (χ0v) is 7.19. The third-order valence-corrected chi connectivity index (χ3v) is 1.95. The van der Waals surface area contributed by atoms with E-state index in [0.29, 0.717) is 0 Å². The fourth-order valence-corrected chi connectivity index (χ4v) is 1.47. The molecule has 0 amide bonds. The molecular formula is C7H14Si. The highest BCUT2D eigenvalue weighted by molar-refractivity contribution is 6.42. The first-order valence-corrected chi connectivity index (χ1v) is 4.83. The Labute approximate surface area is 54.1 Å². The molecule has 0 bridgehead atoms. The molecule has 0 unspecified atom stereocenters. The second kappa shape index (κ2) is 4.85. The molecule has 0 spiro atoms. The van der Waals surface area contributed by atoms with Crippen molar-refractivity contribution >= 4 is 9.52 Å². The third kappa shape index (κ3) is 5.70. The Balaban J connectivity index is 3.15. The van der Waals surface area contributed by atoms with Crippen molar-refractivity contribution < 1.29 is 0 Å². The van der Waals surface area contributed by atoms with Crippen molar-refractivity contribution in [2.45, 2.75) is 19.9 Å². The van der Waals surface area contributed by atoms with E-state index >= 15 is 0 Å². The van der Waals surface area contributed by atoms with Crippen LogP contribution in [0.3, 0.4) is 0 Å². The van der Waals surface area contributed by atoms with Gasteiger partial charge < -0.3 is 0 Å². The van der Waals surface area contributed by atoms with E-state index < -0.39 is 0 Å². The summed E-state index contributed by atoms with van der Waals surface area (Å²) >= 11 is 0. The van der Waals surface area contributed by atoms with Crippen molar-refractivity contribution in [3.8, 4) is 0 Å². The monoisotopic (exact) mass is 126 g/mol. The first kappa shape index (κ1) is 7.70. The van der Waals surface area contributed by atoms with Gasteiger partial charge in [0.15, 0.2) is 0 Å². The van der Waals surface area contributed by atoms with Gasteiger partial charge in [-0.1, -0.05) is 11.6 Å². The van der Waals surface area contributed by atoms with Gasteiger partial charge in [0.2, 0.25) is 0 Å². The maximum atomic E-state index is 3.69. The molecule has 0 saturated heterocycles. The zero-order chi connectivity index (χ0) is 6.41. The van der Waals surface area contributed by atoms with Gasteiger partial charge in [-0.3, -0.25) is 0 Å².